The molecule has 2 rings (SSSR count). The van der Waals surface area contributed by atoms with Gasteiger partial charge in [0, 0.05) is 0 Å². The van der Waals surface area contributed by atoms with Crippen LogP contribution in [0.4, 0.5) is 0 Å². The van der Waals surface area contributed by atoms with Crippen LogP contribution in [0.2, 0.25) is 0 Å². The van der Waals surface area contributed by atoms with Crippen molar-refractivity contribution in [3.05, 3.63) is 57.6 Å². The van der Waals surface area contributed by atoms with Crippen LogP contribution in [0.1, 0.15) is 167 Å². The van der Waals surface area contributed by atoms with Crippen molar-refractivity contribution in [2.24, 2.45) is 0 Å². The highest BCUT2D eigenvalue weighted by atomic mass is 31.1. The van der Waals surface area contributed by atoms with Crippen LogP contribution in [-0.2, 0) is 15.4 Å². The van der Waals surface area contributed by atoms with E-state index in [-0.39, 0.29) is 34.5 Å². The molecule has 0 saturated carbocycles. The lowest BCUT2D eigenvalue weighted by Gasteiger charge is -2.29. The van der Waals surface area contributed by atoms with Gasteiger partial charge in [0.1, 0.15) is 11.5 Å². The van der Waals surface area contributed by atoms with Crippen molar-refractivity contribution in [3.63, 3.8) is 0 Å². The molecule has 0 amide bonds. The van der Waals surface area contributed by atoms with Crippen molar-refractivity contribution in [2.45, 2.75) is 144 Å². The summed E-state index contributed by atoms with van der Waals surface area (Å²) in [6, 6.07) is 9.02. The van der Waals surface area contributed by atoms with Crippen molar-refractivity contribution < 1.29 is 13.6 Å². The van der Waals surface area contributed by atoms with Crippen molar-refractivity contribution in [3.8, 4) is 11.5 Å². The maximum atomic E-state index is 13.7. The highest BCUT2D eigenvalue weighted by molar-refractivity contribution is 7.34. The predicted molar refractivity (Wildman–Crippen MR) is 166 cm³/mol. The Labute approximate surface area is 235 Å². The first kappa shape index (κ1) is 32.5. The van der Waals surface area contributed by atoms with E-state index in [4.69, 9.17) is 9.05 Å². The summed E-state index contributed by atoms with van der Waals surface area (Å²) < 4.78 is 26.3. The minimum atomic E-state index is -2.87. The summed E-state index contributed by atoms with van der Waals surface area (Å²) in [5.74, 6) is 2.40. The molecule has 0 spiro atoms. The summed E-state index contributed by atoms with van der Waals surface area (Å²) in [5.41, 5.74) is 7.12. The maximum Gasteiger partial charge on any atom is 0.419 e. The molecule has 38 heavy (non-hydrogen) atoms. The first-order chi connectivity index (χ1) is 17.5. The van der Waals surface area contributed by atoms with Crippen LogP contribution < -0.4 is 9.05 Å². The standard InChI is InChI=1S/C34H55O3P/c1-15-33(11,12)25-17-27(21(3)4)31(28(18-25)22(5)6)36-38(35)37-32-29(23(7)8)19-26(34(13,14)16-2)20-30(32)24(9)10/h17-24,38H,15-16H2,1-14H3. The van der Waals surface area contributed by atoms with Gasteiger partial charge in [-0.15, -0.1) is 0 Å². The third kappa shape index (κ3) is 7.26. The molecule has 0 radical (unpaired) electrons. The van der Waals surface area contributed by atoms with E-state index in [0.717, 1.165) is 46.6 Å². The summed E-state index contributed by atoms with van der Waals surface area (Å²) >= 11 is 0. The van der Waals surface area contributed by atoms with E-state index >= 15 is 0 Å². The zero-order valence-electron chi connectivity index (χ0n) is 26.8. The van der Waals surface area contributed by atoms with Crippen LogP contribution in [0.25, 0.3) is 0 Å². The lowest BCUT2D eigenvalue weighted by Crippen LogP contribution is -2.17. The van der Waals surface area contributed by atoms with E-state index in [0.29, 0.717) is 0 Å². The lowest BCUT2D eigenvalue weighted by atomic mass is 9.78. The van der Waals surface area contributed by atoms with Gasteiger partial charge in [-0.1, -0.05) is 121 Å². The second-order valence-electron chi connectivity index (χ2n) is 13.5. The molecule has 0 aliphatic carbocycles. The van der Waals surface area contributed by atoms with Crippen molar-refractivity contribution in [1.29, 1.82) is 0 Å². The molecule has 0 bridgehead atoms. The van der Waals surface area contributed by atoms with Crippen LogP contribution in [0.3, 0.4) is 0 Å². The Kier molecular flexibility index (Phi) is 10.8. The average Bonchev–Trinajstić information content (AvgIpc) is 2.82. The average molecular weight is 543 g/mol. The van der Waals surface area contributed by atoms with Crippen LogP contribution in [0.5, 0.6) is 11.5 Å². The van der Waals surface area contributed by atoms with Crippen molar-refractivity contribution in [2.75, 3.05) is 0 Å². The van der Waals surface area contributed by atoms with Gasteiger partial charge in [-0.2, -0.15) is 0 Å². The monoisotopic (exact) mass is 542 g/mol. The van der Waals surface area contributed by atoms with Crippen LogP contribution in [0, 0.1) is 0 Å². The molecule has 0 aliphatic heterocycles. The van der Waals surface area contributed by atoms with Gasteiger partial charge in [-0.3, -0.25) is 0 Å². The van der Waals surface area contributed by atoms with Crippen LogP contribution >= 0.6 is 8.25 Å². The molecule has 214 valence electrons. The maximum absolute atomic E-state index is 13.7. The zero-order chi connectivity index (χ0) is 29.2. The Hall–Kier alpha value is -1.73. The molecular weight excluding hydrogens is 487 g/mol. The molecule has 0 saturated heterocycles. The fourth-order valence-electron chi connectivity index (χ4n) is 4.68. The van der Waals surface area contributed by atoms with E-state index < -0.39 is 8.25 Å². The summed E-state index contributed by atoms with van der Waals surface area (Å²) in [5, 5.41) is 0. The minimum absolute atomic E-state index is 0.0555. The fraction of sp³-hybridized carbons (Fsp3) is 0.647. The fourth-order valence-corrected chi connectivity index (χ4v) is 5.52. The van der Waals surface area contributed by atoms with Gasteiger partial charge in [0.15, 0.2) is 0 Å². The number of benzene rings is 2. The van der Waals surface area contributed by atoms with Gasteiger partial charge in [0.25, 0.3) is 0 Å². The van der Waals surface area contributed by atoms with E-state index in [1.165, 1.54) is 11.1 Å². The van der Waals surface area contributed by atoms with Gasteiger partial charge in [-0.25, -0.2) is 4.57 Å². The van der Waals surface area contributed by atoms with Crippen LogP contribution in [-0.4, -0.2) is 0 Å². The Morgan fingerprint density at radius 1 is 0.579 bits per heavy atom. The summed E-state index contributed by atoms with van der Waals surface area (Å²) in [6.07, 6.45) is 2.09. The molecule has 0 aliphatic rings. The number of rotatable bonds is 12. The smallest absolute Gasteiger partial charge is 0.417 e. The number of hydrogen-bond donors (Lipinski definition) is 0. The summed E-state index contributed by atoms with van der Waals surface area (Å²) in [7, 11) is -2.87. The summed E-state index contributed by atoms with van der Waals surface area (Å²) in [4.78, 5) is 0. The van der Waals surface area contributed by atoms with Crippen LogP contribution in [0.15, 0.2) is 24.3 Å². The van der Waals surface area contributed by atoms with E-state index in [9.17, 15) is 4.57 Å². The molecule has 2 aromatic rings. The first-order valence-electron chi connectivity index (χ1n) is 14.7. The van der Waals surface area contributed by atoms with E-state index in [2.05, 4.69) is 121 Å². The Morgan fingerprint density at radius 3 is 1.00 bits per heavy atom. The largest absolute Gasteiger partial charge is 0.419 e. The zero-order valence-corrected chi connectivity index (χ0v) is 27.8. The molecular formula is C34H55O3P. The predicted octanol–water partition coefficient (Wildman–Crippen LogP) is 11.4. The highest BCUT2D eigenvalue weighted by Gasteiger charge is 2.28. The van der Waals surface area contributed by atoms with Gasteiger partial charge >= 0.3 is 8.25 Å². The minimum Gasteiger partial charge on any atom is -0.417 e. The Bertz CT molecular complexity index is 977. The second-order valence-corrected chi connectivity index (χ2v) is 14.4. The molecule has 0 aromatic heterocycles. The molecule has 2 aromatic carbocycles. The van der Waals surface area contributed by atoms with Crippen molar-refractivity contribution >= 4 is 8.25 Å². The number of hydrogen-bond acceptors (Lipinski definition) is 3. The third-order valence-corrected chi connectivity index (χ3v) is 9.22. The Balaban J connectivity index is 2.64. The molecule has 3 nitrogen and oxygen atoms in total. The summed E-state index contributed by atoms with van der Waals surface area (Å²) in [6.45, 7) is 31.0. The highest BCUT2D eigenvalue weighted by Crippen LogP contribution is 2.47. The quantitative estimate of drug-likeness (QED) is 0.250. The van der Waals surface area contributed by atoms with E-state index in [1.54, 1.807) is 0 Å². The van der Waals surface area contributed by atoms with Crippen molar-refractivity contribution in [1.82, 2.24) is 0 Å². The topological polar surface area (TPSA) is 35.5 Å². The molecule has 0 atom stereocenters. The first-order valence-corrected chi connectivity index (χ1v) is 15.9. The Morgan fingerprint density at radius 2 is 0.816 bits per heavy atom. The van der Waals surface area contributed by atoms with Gasteiger partial charge in [-0.05, 0) is 80.7 Å². The third-order valence-electron chi connectivity index (χ3n) is 8.48. The van der Waals surface area contributed by atoms with E-state index in [1.807, 2.05) is 0 Å². The lowest BCUT2D eigenvalue weighted by molar-refractivity contribution is 0.403. The molecule has 0 heterocycles. The molecule has 4 heteroatoms. The SMILES string of the molecule is CCC(C)(C)c1cc(C(C)C)c(O[PH](=O)Oc2c(C(C)C)cc(C(C)(C)CC)cc2C(C)C)c(C(C)C)c1. The van der Waals surface area contributed by atoms with Gasteiger partial charge in [0.2, 0.25) is 0 Å². The molecule has 0 fully saturated rings. The van der Waals surface area contributed by atoms with Gasteiger partial charge in [0.05, 0.1) is 0 Å². The normalized spacial score (nSPS) is 12.9. The van der Waals surface area contributed by atoms with Gasteiger partial charge < -0.3 is 9.05 Å². The molecule has 0 N–H and O–H groups in total. The molecule has 0 unspecified atom stereocenters. The second kappa shape index (κ2) is 12.6.